The molecule has 0 radical (unpaired) electrons. The third-order valence-electron chi connectivity index (χ3n) is 3.95. The van der Waals surface area contributed by atoms with Crippen LogP contribution in [0.25, 0.3) is 5.69 Å². The Morgan fingerprint density at radius 2 is 1.96 bits per heavy atom. The van der Waals surface area contributed by atoms with E-state index in [-0.39, 0.29) is 16.9 Å². The van der Waals surface area contributed by atoms with Crippen molar-refractivity contribution in [2.75, 3.05) is 6.61 Å². The minimum atomic E-state index is -0.384. The van der Waals surface area contributed by atoms with Crippen LogP contribution in [0.4, 0.5) is 0 Å². The molecule has 0 saturated carbocycles. The number of ketones is 1. The van der Waals surface area contributed by atoms with Gasteiger partial charge >= 0.3 is 0 Å². The summed E-state index contributed by atoms with van der Waals surface area (Å²) in [6.07, 6.45) is 1.82. The zero-order valence-corrected chi connectivity index (χ0v) is 12.8. The fraction of sp³-hybridized carbons (Fsp3) is 0.278. The van der Waals surface area contributed by atoms with Crippen LogP contribution in [0.5, 0.6) is 5.75 Å². The van der Waals surface area contributed by atoms with Gasteiger partial charge in [-0.1, -0.05) is 0 Å². The Labute approximate surface area is 133 Å². The SMILES string of the molecule is CCOc1ccc(-n2c3c(cc(C#N)c2=O)C(=O)CCC3)cc1. The largest absolute Gasteiger partial charge is 0.494 e. The summed E-state index contributed by atoms with van der Waals surface area (Å²) in [5.74, 6) is 0.702. The predicted octanol–water partition coefficient (Wildman–Crippen LogP) is 2.63. The second kappa shape index (κ2) is 6.09. The molecule has 116 valence electrons. The Kier molecular flexibility index (Phi) is 3.98. The maximum absolute atomic E-state index is 12.6. The molecule has 1 aliphatic rings. The maximum atomic E-state index is 12.6. The monoisotopic (exact) mass is 308 g/mol. The normalized spacial score (nSPS) is 13.3. The van der Waals surface area contributed by atoms with Crippen molar-refractivity contribution in [3.63, 3.8) is 0 Å². The zero-order chi connectivity index (χ0) is 16.4. The highest BCUT2D eigenvalue weighted by Crippen LogP contribution is 2.24. The number of carbonyl (C=O) groups excluding carboxylic acids is 1. The number of hydrogen-bond acceptors (Lipinski definition) is 4. The van der Waals surface area contributed by atoms with Crippen molar-refractivity contribution in [2.45, 2.75) is 26.2 Å². The number of rotatable bonds is 3. The van der Waals surface area contributed by atoms with Crippen molar-refractivity contribution in [3.8, 4) is 17.5 Å². The number of nitriles is 1. The van der Waals surface area contributed by atoms with Gasteiger partial charge in [-0.05, 0) is 50.1 Å². The van der Waals surface area contributed by atoms with Crippen LogP contribution in [0, 0.1) is 11.3 Å². The standard InChI is InChI=1S/C18H16N2O3/c1-2-23-14-8-6-13(7-9-14)20-16-4-3-5-17(21)15(16)10-12(11-19)18(20)22/h6-10H,2-5H2,1H3. The molecule has 0 atom stereocenters. The van der Waals surface area contributed by atoms with Gasteiger partial charge < -0.3 is 4.74 Å². The minimum Gasteiger partial charge on any atom is -0.494 e. The average Bonchev–Trinajstić information content (AvgIpc) is 2.56. The quantitative estimate of drug-likeness (QED) is 0.874. The molecule has 5 nitrogen and oxygen atoms in total. The molecule has 0 fully saturated rings. The number of pyridine rings is 1. The van der Waals surface area contributed by atoms with Crippen LogP contribution in [0.2, 0.25) is 0 Å². The molecule has 23 heavy (non-hydrogen) atoms. The molecule has 0 unspecified atom stereocenters. The number of aromatic nitrogens is 1. The maximum Gasteiger partial charge on any atom is 0.273 e. The lowest BCUT2D eigenvalue weighted by Crippen LogP contribution is -2.29. The van der Waals surface area contributed by atoms with Crippen molar-refractivity contribution < 1.29 is 9.53 Å². The summed E-state index contributed by atoms with van der Waals surface area (Å²) >= 11 is 0. The van der Waals surface area contributed by atoms with E-state index in [0.717, 1.165) is 0 Å². The summed E-state index contributed by atoms with van der Waals surface area (Å²) in [6.45, 7) is 2.46. The fourth-order valence-corrected chi connectivity index (χ4v) is 2.90. The minimum absolute atomic E-state index is 0.00659. The van der Waals surface area contributed by atoms with E-state index in [1.54, 1.807) is 24.3 Å². The summed E-state index contributed by atoms with van der Waals surface area (Å²) in [5.41, 5.74) is 1.43. The van der Waals surface area contributed by atoms with Crippen molar-refractivity contribution in [3.05, 3.63) is 57.5 Å². The molecule has 1 aromatic heterocycles. The Balaban J connectivity index is 2.22. The number of hydrogen-bond donors (Lipinski definition) is 0. The molecule has 1 aromatic carbocycles. The van der Waals surface area contributed by atoms with Crippen molar-refractivity contribution >= 4 is 5.78 Å². The first-order chi connectivity index (χ1) is 11.2. The van der Waals surface area contributed by atoms with Gasteiger partial charge in [0.25, 0.3) is 5.56 Å². The van der Waals surface area contributed by atoms with E-state index < -0.39 is 0 Å². The molecule has 1 aliphatic carbocycles. The first-order valence-electron chi connectivity index (χ1n) is 7.61. The first-order valence-corrected chi connectivity index (χ1v) is 7.61. The van der Waals surface area contributed by atoms with Gasteiger partial charge in [0.05, 0.1) is 6.61 Å². The van der Waals surface area contributed by atoms with Crippen molar-refractivity contribution in [1.29, 1.82) is 5.26 Å². The van der Waals surface area contributed by atoms with E-state index >= 15 is 0 Å². The van der Waals surface area contributed by atoms with Crippen LogP contribution in [0.1, 0.15) is 41.4 Å². The molecule has 2 aromatic rings. The molecular formula is C18H16N2O3. The van der Waals surface area contributed by atoms with Crippen LogP contribution < -0.4 is 10.3 Å². The third-order valence-corrected chi connectivity index (χ3v) is 3.95. The zero-order valence-electron chi connectivity index (χ0n) is 12.8. The molecule has 0 spiro atoms. The van der Waals surface area contributed by atoms with Gasteiger partial charge in [-0.25, -0.2) is 0 Å². The number of nitrogens with zero attached hydrogens (tertiary/aromatic N) is 2. The average molecular weight is 308 g/mol. The lowest BCUT2D eigenvalue weighted by atomic mass is 9.93. The lowest BCUT2D eigenvalue weighted by molar-refractivity contribution is 0.0971. The van der Waals surface area contributed by atoms with Gasteiger partial charge in [0.1, 0.15) is 17.4 Å². The number of ether oxygens (including phenoxy) is 1. The summed E-state index contributed by atoms with van der Waals surface area (Å²) in [6, 6.07) is 10.4. The molecular weight excluding hydrogens is 292 g/mol. The van der Waals surface area contributed by atoms with E-state index in [1.807, 2.05) is 13.0 Å². The van der Waals surface area contributed by atoms with Gasteiger partial charge in [-0.3, -0.25) is 14.2 Å². The Morgan fingerprint density at radius 1 is 1.22 bits per heavy atom. The topological polar surface area (TPSA) is 72.1 Å². The number of carbonyl (C=O) groups is 1. The van der Waals surface area contributed by atoms with Crippen molar-refractivity contribution in [1.82, 2.24) is 4.57 Å². The number of benzene rings is 1. The molecule has 0 aliphatic heterocycles. The predicted molar refractivity (Wildman–Crippen MR) is 85.2 cm³/mol. The lowest BCUT2D eigenvalue weighted by Gasteiger charge is -2.20. The van der Waals surface area contributed by atoms with Crippen LogP contribution in [-0.4, -0.2) is 17.0 Å². The molecule has 3 rings (SSSR count). The van der Waals surface area contributed by atoms with E-state index in [9.17, 15) is 14.9 Å². The van der Waals surface area contributed by atoms with Crippen LogP contribution in [-0.2, 0) is 6.42 Å². The summed E-state index contributed by atoms with van der Waals surface area (Å²) in [5, 5.41) is 9.20. The highest BCUT2D eigenvalue weighted by molar-refractivity contribution is 5.98. The Hall–Kier alpha value is -2.87. The summed E-state index contributed by atoms with van der Waals surface area (Å²) in [7, 11) is 0. The summed E-state index contributed by atoms with van der Waals surface area (Å²) in [4.78, 5) is 24.7. The first kappa shape index (κ1) is 15.0. The van der Waals surface area contributed by atoms with Gasteiger partial charge in [0, 0.05) is 23.4 Å². The van der Waals surface area contributed by atoms with Crippen molar-refractivity contribution in [2.24, 2.45) is 0 Å². The summed E-state index contributed by atoms with van der Waals surface area (Å²) < 4.78 is 6.89. The van der Waals surface area contributed by atoms with E-state index in [4.69, 9.17) is 4.74 Å². The second-order valence-electron chi connectivity index (χ2n) is 5.37. The van der Waals surface area contributed by atoms with Gasteiger partial charge in [0.15, 0.2) is 5.78 Å². The van der Waals surface area contributed by atoms with E-state index in [2.05, 4.69) is 0 Å². The fourth-order valence-electron chi connectivity index (χ4n) is 2.90. The molecule has 5 heteroatoms. The Morgan fingerprint density at radius 3 is 2.61 bits per heavy atom. The van der Waals surface area contributed by atoms with Gasteiger partial charge in [0.2, 0.25) is 0 Å². The molecule has 0 N–H and O–H groups in total. The van der Waals surface area contributed by atoms with Crippen LogP contribution >= 0.6 is 0 Å². The second-order valence-corrected chi connectivity index (χ2v) is 5.37. The molecule has 0 saturated heterocycles. The van der Waals surface area contributed by atoms with Crippen LogP contribution in [0.15, 0.2) is 35.1 Å². The number of Topliss-reactive ketones (excluding diaryl/α,β-unsaturated/α-hetero) is 1. The highest BCUT2D eigenvalue weighted by Gasteiger charge is 2.23. The molecule has 0 amide bonds. The van der Waals surface area contributed by atoms with E-state index in [0.29, 0.717) is 48.6 Å². The third kappa shape index (κ3) is 2.64. The molecule has 1 heterocycles. The van der Waals surface area contributed by atoms with Crippen LogP contribution in [0.3, 0.4) is 0 Å². The van der Waals surface area contributed by atoms with Gasteiger partial charge in [-0.15, -0.1) is 0 Å². The highest BCUT2D eigenvalue weighted by atomic mass is 16.5. The van der Waals surface area contributed by atoms with Gasteiger partial charge in [-0.2, -0.15) is 5.26 Å². The Bertz CT molecular complexity index is 858. The smallest absolute Gasteiger partial charge is 0.273 e. The molecule has 0 bridgehead atoms. The van der Waals surface area contributed by atoms with E-state index in [1.165, 1.54) is 10.6 Å². The number of fused-ring (bicyclic) bond motifs is 1.